The summed E-state index contributed by atoms with van der Waals surface area (Å²) in [6.45, 7) is 5.22. The van der Waals surface area contributed by atoms with E-state index in [1.165, 1.54) is 12.1 Å². The quantitative estimate of drug-likeness (QED) is 0.728. The molecule has 1 heterocycles. The van der Waals surface area contributed by atoms with Crippen molar-refractivity contribution in [1.82, 2.24) is 4.98 Å². The summed E-state index contributed by atoms with van der Waals surface area (Å²) in [5, 5.41) is 0. The summed E-state index contributed by atoms with van der Waals surface area (Å²) in [5.41, 5.74) is -0.0333. The van der Waals surface area contributed by atoms with Crippen LogP contribution in [0.4, 0.5) is 13.2 Å². The van der Waals surface area contributed by atoms with E-state index < -0.39 is 11.9 Å². The summed E-state index contributed by atoms with van der Waals surface area (Å²) in [5.74, 6) is 0. The van der Waals surface area contributed by atoms with Crippen molar-refractivity contribution < 1.29 is 13.2 Å². The maximum atomic E-state index is 12.3. The maximum Gasteiger partial charge on any atom is 0.433 e. The Morgan fingerprint density at radius 2 is 2.00 bits per heavy atom. The number of rotatable bonds is 2. The Balaban J connectivity index is 3.25. The number of nitrogens with zero attached hydrogens (tertiary/aromatic N) is 1. The van der Waals surface area contributed by atoms with Crippen molar-refractivity contribution >= 4 is 12.2 Å². The zero-order chi connectivity index (χ0) is 11.5. The molecule has 0 atom stereocenters. The summed E-state index contributed by atoms with van der Waals surface area (Å²) in [6, 6.07) is 2.34. The lowest BCUT2D eigenvalue weighted by Gasteiger charge is -2.07. The number of hydrogen-bond donors (Lipinski definition) is 0. The van der Waals surface area contributed by atoms with Crippen LogP contribution in [0.2, 0.25) is 0 Å². The van der Waals surface area contributed by atoms with Gasteiger partial charge >= 0.3 is 6.18 Å². The van der Waals surface area contributed by atoms with Crippen molar-refractivity contribution in [3.63, 3.8) is 0 Å². The van der Waals surface area contributed by atoms with E-state index in [4.69, 9.17) is 0 Å². The van der Waals surface area contributed by atoms with Crippen molar-refractivity contribution in [1.29, 1.82) is 0 Å². The molecule has 0 N–H and O–H groups in total. The summed E-state index contributed by atoms with van der Waals surface area (Å²) in [4.78, 5) is 3.49. The number of halogens is 3. The van der Waals surface area contributed by atoms with Gasteiger partial charge in [-0.2, -0.15) is 13.2 Å². The predicted octanol–water partition coefficient (Wildman–Crippen LogP) is 3.78. The minimum absolute atomic E-state index is 0.239. The van der Waals surface area contributed by atoms with Gasteiger partial charge in [-0.05, 0) is 24.6 Å². The Kier molecular flexibility index (Phi) is 3.29. The Labute approximate surface area is 86.0 Å². The monoisotopic (exact) mass is 213 g/mol. The fourth-order valence-electron chi connectivity index (χ4n) is 1.13. The first-order chi connectivity index (χ1) is 6.99. The Hall–Kier alpha value is -1.58. The molecule has 0 aliphatic carbocycles. The molecular weight excluding hydrogens is 203 g/mol. The molecule has 4 heteroatoms. The lowest BCUT2D eigenvalue weighted by Crippen LogP contribution is -2.08. The van der Waals surface area contributed by atoms with Crippen LogP contribution in [0, 0.1) is 0 Å². The van der Waals surface area contributed by atoms with Crippen LogP contribution >= 0.6 is 0 Å². The molecule has 0 saturated carbocycles. The van der Waals surface area contributed by atoms with Crippen LogP contribution in [-0.2, 0) is 6.18 Å². The van der Waals surface area contributed by atoms with Gasteiger partial charge in [-0.1, -0.05) is 24.8 Å². The predicted molar refractivity (Wildman–Crippen MR) is 54.0 cm³/mol. The lowest BCUT2D eigenvalue weighted by molar-refractivity contribution is -0.141. The van der Waals surface area contributed by atoms with Crippen LogP contribution in [0.25, 0.3) is 12.2 Å². The van der Waals surface area contributed by atoms with Gasteiger partial charge in [-0.25, -0.2) is 4.98 Å². The van der Waals surface area contributed by atoms with Crippen molar-refractivity contribution in [2.45, 2.75) is 13.1 Å². The molecule has 0 aliphatic heterocycles. The third-order valence-corrected chi connectivity index (χ3v) is 1.79. The standard InChI is InChI=1S/C11H10F3N/c1-3-5-8-6-7-10(11(12,13)14)15-9(8)4-2/h3-7H,2H2,1H3/b5-3-. The van der Waals surface area contributed by atoms with E-state index in [9.17, 15) is 13.2 Å². The molecule has 1 rings (SSSR count). The van der Waals surface area contributed by atoms with Gasteiger partial charge in [0.2, 0.25) is 0 Å². The van der Waals surface area contributed by atoms with Gasteiger partial charge in [-0.3, -0.25) is 0 Å². The first-order valence-electron chi connectivity index (χ1n) is 4.32. The second kappa shape index (κ2) is 4.29. The smallest absolute Gasteiger partial charge is 0.243 e. The van der Waals surface area contributed by atoms with E-state index >= 15 is 0 Å². The molecule has 80 valence electrons. The van der Waals surface area contributed by atoms with E-state index in [-0.39, 0.29) is 5.69 Å². The summed E-state index contributed by atoms with van der Waals surface area (Å²) >= 11 is 0. The van der Waals surface area contributed by atoms with E-state index in [1.807, 2.05) is 0 Å². The van der Waals surface area contributed by atoms with E-state index in [1.54, 1.807) is 19.1 Å². The summed E-state index contributed by atoms with van der Waals surface area (Å²) < 4.78 is 36.9. The van der Waals surface area contributed by atoms with Crippen LogP contribution in [-0.4, -0.2) is 4.98 Å². The molecule has 0 amide bonds. The Bertz CT molecular complexity index is 391. The molecule has 0 unspecified atom stereocenters. The SMILES string of the molecule is C=Cc1nc(C(F)(F)F)ccc1/C=C\C. The average molecular weight is 213 g/mol. The highest BCUT2D eigenvalue weighted by atomic mass is 19.4. The third kappa shape index (κ3) is 2.68. The molecule has 1 aromatic heterocycles. The van der Waals surface area contributed by atoms with Crippen molar-refractivity contribution in [3.8, 4) is 0 Å². The molecule has 0 bridgehead atoms. The molecule has 0 fully saturated rings. The number of alkyl halides is 3. The second-order valence-electron chi connectivity index (χ2n) is 2.87. The van der Waals surface area contributed by atoms with Crippen molar-refractivity contribution in [2.75, 3.05) is 0 Å². The summed E-state index contributed by atoms with van der Waals surface area (Å²) in [7, 11) is 0. The van der Waals surface area contributed by atoms with Gasteiger partial charge in [0.15, 0.2) is 0 Å². The van der Waals surface area contributed by atoms with Crippen LogP contribution in [0.1, 0.15) is 23.9 Å². The fraction of sp³-hybridized carbons (Fsp3) is 0.182. The highest BCUT2D eigenvalue weighted by Crippen LogP contribution is 2.28. The molecule has 0 radical (unpaired) electrons. The zero-order valence-corrected chi connectivity index (χ0v) is 8.17. The number of allylic oxidation sites excluding steroid dienone is 1. The first kappa shape index (κ1) is 11.5. The van der Waals surface area contributed by atoms with Gasteiger partial charge in [0.25, 0.3) is 0 Å². The summed E-state index contributed by atoms with van der Waals surface area (Å²) in [6.07, 6.45) is 0.318. The molecule has 0 saturated heterocycles. The normalized spacial score (nSPS) is 12.0. The third-order valence-electron chi connectivity index (χ3n) is 1.79. The number of aromatic nitrogens is 1. The molecule has 1 nitrogen and oxygen atoms in total. The van der Waals surface area contributed by atoms with E-state index in [2.05, 4.69) is 11.6 Å². The van der Waals surface area contributed by atoms with Crippen LogP contribution in [0.5, 0.6) is 0 Å². The molecule has 0 aromatic carbocycles. The fourth-order valence-corrected chi connectivity index (χ4v) is 1.13. The van der Waals surface area contributed by atoms with Crippen molar-refractivity contribution in [3.05, 3.63) is 41.7 Å². The van der Waals surface area contributed by atoms with Gasteiger partial charge in [-0.15, -0.1) is 0 Å². The Morgan fingerprint density at radius 1 is 1.33 bits per heavy atom. The Morgan fingerprint density at radius 3 is 2.47 bits per heavy atom. The van der Waals surface area contributed by atoms with Crippen LogP contribution in [0.3, 0.4) is 0 Å². The average Bonchev–Trinajstić information content (AvgIpc) is 2.17. The van der Waals surface area contributed by atoms with E-state index in [0.717, 1.165) is 6.07 Å². The van der Waals surface area contributed by atoms with E-state index in [0.29, 0.717) is 5.56 Å². The molecule has 15 heavy (non-hydrogen) atoms. The van der Waals surface area contributed by atoms with Gasteiger partial charge in [0.05, 0.1) is 5.69 Å². The molecule has 0 aliphatic rings. The molecule has 1 aromatic rings. The van der Waals surface area contributed by atoms with Gasteiger partial charge in [0.1, 0.15) is 5.69 Å². The largest absolute Gasteiger partial charge is 0.433 e. The topological polar surface area (TPSA) is 12.9 Å². The molecule has 0 spiro atoms. The van der Waals surface area contributed by atoms with Crippen molar-refractivity contribution in [2.24, 2.45) is 0 Å². The number of pyridine rings is 1. The highest BCUT2D eigenvalue weighted by molar-refractivity contribution is 5.61. The van der Waals surface area contributed by atoms with Gasteiger partial charge in [0, 0.05) is 0 Å². The maximum absolute atomic E-state index is 12.3. The first-order valence-corrected chi connectivity index (χ1v) is 4.32. The highest BCUT2D eigenvalue weighted by Gasteiger charge is 2.32. The minimum atomic E-state index is -4.41. The second-order valence-corrected chi connectivity index (χ2v) is 2.87. The van der Waals surface area contributed by atoms with Crippen LogP contribution in [0.15, 0.2) is 24.8 Å². The minimum Gasteiger partial charge on any atom is -0.243 e. The van der Waals surface area contributed by atoms with Crippen LogP contribution < -0.4 is 0 Å². The van der Waals surface area contributed by atoms with Gasteiger partial charge < -0.3 is 0 Å². The lowest BCUT2D eigenvalue weighted by atomic mass is 10.1. The number of hydrogen-bond acceptors (Lipinski definition) is 1. The zero-order valence-electron chi connectivity index (χ0n) is 8.17. The molecular formula is C11H10F3N.